The second-order valence-corrected chi connectivity index (χ2v) is 8.36. The third-order valence-electron chi connectivity index (χ3n) is 5.20. The molecule has 0 aromatic heterocycles. The van der Waals surface area contributed by atoms with Gasteiger partial charge >= 0.3 is 6.03 Å². The number of fused-ring (bicyclic) bond motifs is 2. The highest BCUT2D eigenvalue weighted by atomic mass is 32.2. The van der Waals surface area contributed by atoms with Gasteiger partial charge in [-0.2, -0.15) is 0 Å². The van der Waals surface area contributed by atoms with Crippen LogP contribution < -0.4 is 15.0 Å². The Bertz CT molecular complexity index is 1000. The summed E-state index contributed by atoms with van der Waals surface area (Å²) in [4.78, 5) is 17.1. The van der Waals surface area contributed by atoms with Crippen molar-refractivity contribution >= 4 is 34.9 Å². The molecule has 5 rings (SSSR count). The Balaban J connectivity index is 1.32. The molecule has 0 aliphatic carbocycles. The minimum atomic E-state index is -0.191. The molecule has 1 N–H and O–H groups in total. The molecule has 0 spiro atoms. The maximum atomic E-state index is 13.2. The number of carbonyl (C=O) groups excluding carboxylic acids is 1. The second kappa shape index (κ2) is 8.42. The number of nitrogens with one attached hydrogen (secondary N) is 1. The molecule has 152 valence electrons. The largest absolute Gasteiger partial charge is 0.491 e. The third-order valence-corrected chi connectivity index (χ3v) is 6.33. The van der Waals surface area contributed by atoms with Gasteiger partial charge in [-0.15, -0.1) is 0 Å². The number of carbonyl (C=O) groups is 1. The topological polar surface area (TPSA) is 50.8 Å². The van der Waals surface area contributed by atoms with E-state index in [1.165, 1.54) is 0 Å². The fourth-order valence-corrected chi connectivity index (χ4v) is 4.76. The molecule has 2 heterocycles. The van der Waals surface area contributed by atoms with E-state index in [9.17, 15) is 4.79 Å². The van der Waals surface area contributed by atoms with Gasteiger partial charge in [0.25, 0.3) is 0 Å². The molecular weight excluding hydrogens is 396 g/mol. The van der Waals surface area contributed by atoms with E-state index in [0.717, 1.165) is 52.1 Å². The molecule has 1 atom stereocenters. The van der Waals surface area contributed by atoms with Crippen LogP contribution in [0.4, 0.5) is 21.9 Å². The molecule has 3 aromatic rings. The van der Waals surface area contributed by atoms with Crippen LogP contribution in [0, 0.1) is 0 Å². The van der Waals surface area contributed by atoms with Gasteiger partial charge in [-0.1, -0.05) is 36.0 Å². The molecule has 5 nitrogen and oxygen atoms in total. The van der Waals surface area contributed by atoms with Gasteiger partial charge in [0.1, 0.15) is 12.4 Å². The van der Waals surface area contributed by atoms with E-state index in [-0.39, 0.29) is 12.1 Å². The van der Waals surface area contributed by atoms with Gasteiger partial charge in [-0.25, -0.2) is 4.79 Å². The van der Waals surface area contributed by atoms with Crippen LogP contribution in [-0.4, -0.2) is 25.3 Å². The van der Waals surface area contributed by atoms with Crippen LogP contribution in [-0.2, 0) is 4.74 Å². The number of para-hydroxylation sites is 2. The van der Waals surface area contributed by atoms with E-state index in [2.05, 4.69) is 5.32 Å². The number of hydrogen-bond acceptors (Lipinski definition) is 4. The SMILES string of the molecule is O=C(Nc1ccc(OCC2CCCO2)cc1)N1c2ccccc2Sc2ccccc21. The summed E-state index contributed by atoms with van der Waals surface area (Å²) >= 11 is 1.68. The van der Waals surface area contributed by atoms with Crippen LogP contribution in [0.15, 0.2) is 82.6 Å². The number of anilines is 3. The monoisotopic (exact) mass is 418 g/mol. The highest BCUT2D eigenvalue weighted by Gasteiger charge is 2.27. The number of nitrogens with zero attached hydrogens (tertiary/aromatic N) is 1. The highest BCUT2D eigenvalue weighted by molar-refractivity contribution is 7.99. The summed E-state index contributed by atoms with van der Waals surface area (Å²) in [5.41, 5.74) is 2.49. The lowest BCUT2D eigenvalue weighted by molar-refractivity contribution is 0.0679. The van der Waals surface area contributed by atoms with E-state index in [1.807, 2.05) is 72.8 Å². The molecular formula is C24H22N2O3S. The van der Waals surface area contributed by atoms with E-state index < -0.39 is 0 Å². The zero-order chi connectivity index (χ0) is 20.3. The first-order chi connectivity index (χ1) is 14.8. The van der Waals surface area contributed by atoms with Crippen molar-refractivity contribution in [3.63, 3.8) is 0 Å². The maximum Gasteiger partial charge on any atom is 0.331 e. The molecule has 3 aromatic carbocycles. The lowest BCUT2D eigenvalue weighted by Gasteiger charge is -2.31. The van der Waals surface area contributed by atoms with Gasteiger partial charge < -0.3 is 14.8 Å². The first-order valence-electron chi connectivity index (χ1n) is 10.1. The van der Waals surface area contributed by atoms with Crippen LogP contribution in [0.25, 0.3) is 0 Å². The fraction of sp³-hybridized carbons (Fsp3) is 0.208. The van der Waals surface area contributed by atoms with Crippen molar-refractivity contribution in [3.05, 3.63) is 72.8 Å². The van der Waals surface area contributed by atoms with Crippen molar-refractivity contribution in [3.8, 4) is 5.75 Å². The van der Waals surface area contributed by atoms with Crippen molar-refractivity contribution in [1.82, 2.24) is 0 Å². The average Bonchev–Trinajstić information content (AvgIpc) is 3.30. The van der Waals surface area contributed by atoms with Gasteiger partial charge in [0, 0.05) is 22.1 Å². The van der Waals surface area contributed by atoms with E-state index in [4.69, 9.17) is 9.47 Å². The highest BCUT2D eigenvalue weighted by Crippen LogP contribution is 2.48. The molecule has 0 bridgehead atoms. The normalized spacial score (nSPS) is 17.2. The molecule has 2 aliphatic heterocycles. The molecule has 1 saturated heterocycles. The Kier molecular flexibility index (Phi) is 5.34. The van der Waals surface area contributed by atoms with Crippen LogP contribution >= 0.6 is 11.8 Å². The minimum absolute atomic E-state index is 0.182. The zero-order valence-electron chi connectivity index (χ0n) is 16.4. The maximum absolute atomic E-state index is 13.2. The van der Waals surface area contributed by atoms with Crippen LogP contribution in [0.1, 0.15) is 12.8 Å². The van der Waals surface area contributed by atoms with Gasteiger partial charge in [0.2, 0.25) is 0 Å². The number of hydrogen-bond donors (Lipinski definition) is 1. The van der Waals surface area contributed by atoms with Crippen molar-refractivity contribution in [2.45, 2.75) is 28.7 Å². The molecule has 1 unspecified atom stereocenters. The van der Waals surface area contributed by atoms with Crippen molar-refractivity contribution in [1.29, 1.82) is 0 Å². The smallest absolute Gasteiger partial charge is 0.331 e. The van der Waals surface area contributed by atoms with Crippen molar-refractivity contribution in [2.75, 3.05) is 23.4 Å². The van der Waals surface area contributed by atoms with E-state index >= 15 is 0 Å². The Morgan fingerprint density at radius 1 is 1.00 bits per heavy atom. The standard InChI is InChI=1S/C24H22N2O3S/c27-24(25-17-11-13-18(14-12-17)29-16-19-6-5-15-28-19)26-20-7-1-3-9-22(20)30-23-10-4-2-8-21(23)26/h1-4,7-14,19H,5-6,15-16H2,(H,25,27). The minimum Gasteiger partial charge on any atom is -0.491 e. The molecule has 1 fully saturated rings. The van der Waals surface area contributed by atoms with Gasteiger partial charge in [0.15, 0.2) is 0 Å². The fourth-order valence-electron chi connectivity index (χ4n) is 3.70. The van der Waals surface area contributed by atoms with Crippen LogP contribution in [0.2, 0.25) is 0 Å². The summed E-state index contributed by atoms with van der Waals surface area (Å²) in [6, 6.07) is 23.2. The number of rotatable bonds is 4. The number of urea groups is 1. The molecule has 2 amide bonds. The summed E-state index contributed by atoms with van der Waals surface area (Å²) < 4.78 is 11.4. The van der Waals surface area contributed by atoms with E-state index in [1.54, 1.807) is 16.7 Å². The third kappa shape index (κ3) is 3.88. The van der Waals surface area contributed by atoms with Crippen LogP contribution in [0.5, 0.6) is 5.75 Å². The summed E-state index contributed by atoms with van der Waals surface area (Å²) in [6.45, 7) is 1.38. The lowest BCUT2D eigenvalue weighted by Crippen LogP contribution is -2.32. The molecule has 0 radical (unpaired) electrons. The molecule has 2 aliphatic rings. The number of amides is 2. The number of ether oxygens (including phenoxy) is 2. The van der Waals surface area contributed by atoms with Gasteiger partial charge in [-0.05, 0) is 61.4 Å². The Labute approximate surface area is 180 Å². The molecule has 6 heteroatoms. The lowest BCUT2D eigenvalue weighted by atomic mass is 10.2. The number of benzene rings is 3. The Morgan fingerprint density at radius 2 is 1.67 bits per heavy atom. The quantitative estimate of drug-likeness (QED) is 0.558. The van der Waals surface area contributed by atoms with Crippen LogP contribution in [0.3, 0.4) is 0 Å². The first-order valence-corrected chi connectivity index (χ1v) is 10.9. The van der Waals surface area contributed by atoms with Crippen molar-refractivity contribution in [2.24, 2.45) is 0 Å². The van der Waals surface area contributed by atoms with Gasteiger partial charge in [0.05, 0.1) is 17.5 Å². The average molecular weight is 419 g/mol. The summed E-state index contributed by atoms with van der Waals surface area (Å²) in [6.07, 6.45) is 2.33. The molecule has 0 saturated carbocycles. The Hall–Kier alpha value is -2.96. The zero-order valence-corrected chi connectivity index (χ0v) is 17.2. The second-order valence-electron chi connectivity index (χ2n) is 7.27. The summed E-state index contributed by atoms with van der Waals surface area (Å²) in [5, 5.41) is 3.02. The predicted octanol–water partition coefficient (Wildman–Crippen LogP) is 6.08. The predicted molar refractivity (Wildman–Crippen MR) is 119 cm³/mol. The molecule has 30 heavy (non-hydrogen) atoms. The summed E-state index contributed by atoms with van der Waals surface area (Å²) in [7, 11) is 0. The first kappa shape index (κ1) is 19.0. The summed E-state index contributed by atoms with van der Waals surface area (Å²) in [5.74, 6) is 0.772. The van der Waals surface area contributed by atoms with Gasteiger partial charge in [-0.3, -0.25) is 4.90 Å². The van der Waals surface area contributed by atoms with Crippen molar-refractivity contribution < 1.29 is 14.3 Å². The van der Waals surface area contributed by atoms with E-state index in [0.29, 0.717) is 6.61 Å². The Morgan fingerprint density at radius 3 is 2.30 bits per heavy atom.